The maximum Gasteiger partial charge on any atom is 0.372 e. The number of nitrogens with one attached hydrogen (secondary N) is 1. The van der Waals surface area contributed by atoms with Crippen molar-refractivity contribution >= 4 is 17.3 Å². The van der Waals surface area contributed by atoms with E-state index in [0.29, 0.717) is 24.4 Å². The van der Waals surface area contributed by atoms with Crippen LogP contribution in [0.4, 0.5) is 0 Å². The van der Waals surface area contributed by atoms with E-state index in [1.807, 2.05) is 12.3 Å². The fourth-order valence-electron chi connectivity index (χ4n) is 1.62. The van der Waals surface area contributed by atoms with Gasteiger partial charge in [0.2, 0.25) is 5.76 Å². The number of thiazole rings is 1. The van der Waals surface area contributed by atoms with Gasteiger partial charge in [-0.3, -0.25) is 0 Å². The van der Waals surface area contributed by atoms with Crippen LogP contribution in [0.1, 0.15) is 32.6 Å². The SMILES string of the molecule is Cc1csc(CNCc2cc(C)c(C(=O)O)o2)n1. The zero-order valence-electron chi connectivity index (χ0n) is 10.2. The van der Waals surface area contributed by atoms with E-state index in [4.69, 9.17) is 9.52 Å². The number of hydrogen-bond donors (Lipinski definition) is 2. The van der Waals surface area contributed by atoms with Crippen LogP contribution < -0.4 is 5.32 Å². The lowest BCUT2D eigenvalue weighted by molar-refractivity contribution is 0.0659. The van der Waals surface area contributed by atoms with E-state index in [1.54, 1.807) is 24.3 Å². The van der Waals surface area contributed by atoms with Gasteiger partial charge in [0.05, 0.1) is 6.54 Å². The zero-order chi connectivity index (χ0) is 13.1. The van der Waals surface area contributed by atoms with Gasteiger partial charge >= 0.3 is 5.97 Å². The van der Waals surface area contributed by atoms with Crippen molar-refractivity contribution in [1.29, 1.82) is 0 Å². The first-order chi connectivity index (χ1) is 8.56. The van der Waals surface area contributed by atoms with E-state index in [1.165, 1.54) is 0 Å². The van der Waals surface area contributed by atoms with E-state index in [2.05, 4.69) is 10.3 Å². The first-order valence-corrected chi connectivity index (χ1v) is 6.38. The minimum atomic E-state index is -1.03. The monoisotopic (exact) mass is 266 g/mol. The normalized spacial score (nSPS) is 10.8. The third kappa shape index (κ3) is 2.96. The number of aromatic nitrogens is 1. The fraction of sp³-hybridized carbons (Fsp3) is 0.333. The Morgan fingerprint density at radius 1 is 1.50 bits per heavy atom. The van der Waals surface area contributed by atoms with Crippen LogP contribution in [0, 0.1) is 13.8 Å². The summed E-state index contributed by atoms with van der Waals surface area (Å²) >= 11 is 1.60. The molecule has 2 aromatic rings. The van der Waals surface area contributed by atoms with E-state index in [9.17, 15) is 4.79 Å². The minimum Gasteiger partial charge on any atom is -0.475 e. The highest BCUT2D eigenvalue weighted by Crippen LogP contribution is 2.15. The van der Waals surface area contributed by atoms with E-state index in [-0.39, 0.29) is 5.76 Å². The molecule has 0 aliphatic rings. The van der Waals surface area contributed by atoms with Crippen molar-refractivity contribution in [2.75, 3.05) is 0 Å². The molecule has 96 valence electrons. The minimum absolute atomic E-state index is 0.0110. The first-order valence-electron chi connectivity index (χ1n) is 5.50. The molecule has 0 saturated carbocycles. The van der Waals surface area contributed by atoms with Crippen molar-refractivity contribution in [3.8, 4) is 0 Å². The topological polar surface area (TPSA) is 75.4 Å². The van der Waals surface area contributed by atoms with Gasteiger partial charge in [-0.15, -0.1) is 11.3 Å². The molecule has 0 saturated heterocycles. The van der Waals surface area contributed by atoms with Crippen LogP contribution in [-0.2, 0) is 13.1 Å². The number of hydrogen-bond acceptors (Lipinski definition) is 5. The number of carboxylic acid groups (broad SMARTS) is 1. The molecule has 0 atom stereocenters. The largest absolute Gasteiger partial charge is 0.475 e. The molecule has 0 aliphatic heterocycles. The van der Waals surface area contributed by atoms with Crippen molar-refractivity contribution in [3.63, 3.8) is 0 Å². The maximum atomic E-state index is 10.8. The highest BCUT2D eigenvalue weighted by Gasteiger charge is 2.13. The Hall–Kier alpha value is -1.66. The summed E-state index contributed by atoms with van der Waals surface area (Å²) in [6.45, 7) is 4.82. The van der Waals surface area contributed by atoms with Crippen molar-refractivity contribution in [2.45, 2.75) is 26.9 Å². The Balaban J connectivity index is 1.90. The molecule has 0 unspecified atom stereocenters. The predicted octanol–water partition coefficient (Wildman–Crippen LogP) is 2.34. The molecular formula is C12H14N2O3S. The average Bonchev–Trinajstić information content (AvgIpc) is 2.85. The second kappa shape index (κ2) is 5.32. The smallest absolute Gasteiger partial charge is 0.372 e. The van der Waals surface area contributed by atoms with E-state index >= 15 is 0 Å². The average molecular weight is 266 g/mol. The van der Waals surface area contributed by atoms with Crippen LogP contribution >= 0.6 is 11.3 Å². The van der Waals surface area contributed by atoms with Gasteiger partial charge in [-0.2, -0.15) is 0 Å². The Bertz CT molecular complexity index is 559. The predicted molar refractivity (Wildman–Crippen MR) is 67.8 cm³/mol. The molecule has 5 nitrogen and oxygen atoms in total. The molecule has 0 radical (unpaired) electrons. The van der Waals surface area contributed by atoms with Gasteiger partial charge in [-0.05, 0) is 19.9 Å². The number of aryl methyl sites for hydroxylation is 2. The summed E-state index contributed by atoms with van der Waals surface area (Å²) in [4.78, 5) is 15.1. The van der Waals surface area contributed by atoms with Crippen LogP contribution in [0.25, 0.3) is 0 Å². The molecule has 0 amide bonds. The highest BCUT2D eigenvalue weighted by atomic mass is 32.1. The second-order valence-electron chi connectivity index (χ2n) is 4.02. The van der Waals surface area contributed by atoms with Gasteiger partial charge in [0, 0.05) is 23.2 Å². The lowest BCUT2D eigenvalue weighted by atomic mass is 10.2. The van der Waals surface area contributed by atoms with Gasteiger partial charge in [0.1, 0.15) is 10.8 Å². The number of nitrogens with zero attached hydrogens (tertiary/aromatic N) is 1. The summed E-state index contributed by atoms with van der Waals surface area (Å²) in [7, 11) is 0. The van der Waals surface area contributed by atoms with E-state index in [0.717, 1.165) is 10.7 Å². The van der Waals surface area contributed by atoms with Crippen molar-refractivity contribution in [2.24, 2.45) is 0 Å². The van der Waals surface area contributed by atoms with Gasteiger partial charge in [0.15, 0.2) is 0 Å². The van der Waals surface area contributed by atoms with Crippen LogP contribution in [-0.4, -0.2) is 16.1 Å². The number of rotatable bonds is 5. The van der Waals surface area contributed by atoms with Gasteiger partial charge < -0.3 is 14.8 Å². The number of carbonyl (C=O) groups is 1. The second-order valence-corrected chi connectivity index (χ2v) is 4.96. The molecule has 2 N–H and O–H groups in total. The van der Waals surface area contributed by atoms with Crippen molar-refractivity contribution in [3.05, 3.63) is 39.2 Å². The molecule has 6 heteroatoms. The third-order valence-corrected chi connectivity index (χ3v) is 3.37. The molecule has 0 aliphatic carbocycles. The third-order valence-electron chi connectivity index (χ3n) is 2.41. The lowest BCUT2D eigenvalue weighted by Gasteiger charge is -1.98. The summed E-state index contributed by atoms with van der Waals surface area (Å²) in [6.07, 6.45) is 0. The van der Waals surface area contributed by atoms with Gasteiger partial charge in [-0.1, -0.05) is 0 Å². The molecule has 2 rings (SSSR count). The van der Waals surface area contributed by atoms with E-state index < -0.39 is 5.97 Å². The molecule has 2 heterocycles. The Morgan fingerprint density at radius 3 is 2.83 bits per heavy atom. The zero-order valence-corrected chi connectivity index (χ0v) is 11.0. The van der Waals surface area contributed by atoms with Crippen molar-refractivity contribution in [1.82, 2.24) is 10.3 Å². The van der Waals surface area contributed by atoms with Crippen LogP contribution in [0.5, 0.6) is 0 Å². The molecule has 0 fully saturated rings. The number of furan rings is 1. The Morgan fingerprint density at radius 2 is 2.28 bits per heavy atom. The highest BCUT2D eigenvalue weighted by molar-refractivity contribution is 7.09. The molecule has 2 aromatic heterocycles. The fourth-order valence-corrected chi connectivity index (χ4v) is 2.37. The number of carboxylic acids is 1. The molecule has 0 aromatic carbocycles. The van der Waals surface area contributed by atoms with Crippen LogP contribution in [0.15, 0.2) is 15.9 Å². The molecule has 18 heavy (non-hydrogen) atoms. The quantitative estimate of drug-likeness (QED) is 0.868. The molecule has 0 bridgehead atoms. The Kier molecular flexibility index (Phi) is 3.78. The summed E-state index contributed by atoms with van der Waals surface area (Å²) < 4.78 is 5.24. The molecular weight excluding hydrogens is 252 g/mol. The van der Waals surface area contributed by atoms with Gasteiger partial charge in [0.25, 0.3) is 0 Å². The summed E-state index contributed by atoms with van der Waals surface area (Å²) in [5.74, 6) is -0.399. The Labute approximate surface area is 108 Å². The standard InChI is InChI=1S/C12H14N2O3S/c1-7-3-9(17-11(7)12(15)16)4-13-5-10-14-8(2)6-18-10/h3,6,13H,4-5H2,1-2H3,(H,15,16). The van der Waals surface area contributed by atoms with Crippen molar-refractivity contribution < 1.29 is 14.3 Å². The lowest BCUT2D eigenvalue weighted by Crippen LogP contribution is -2.11. The maximum absolute atomic E-state index is 10.8. The summed E-state index contributed by atoms with van der Waals surface area (Å²) in [6, 6.07) is 1.74. The van der Waals surface area contributed by atoms with Crippen LogP contribution in [0.3, 0.4) is 0 Å². The number of aromatic carboxylic acids is 1. The summed E-state index contributed by atoms with van der Waals surface area (Å²) in [5.41, 5.74) is 1.66. The summed E-state index contributed by atoms with van der Waals surface area (Å²) in [5, 5.41) is 15.0. The molecule has 0 spiro atoms. The first kappa shape index (κ1) is 12.8. The van der Waals surface area contributed by atoms with Gasteiger partial charge in [-0.25, -0.2) is 9.78 Å². The van der Waals surface area contributed by atoms with Crippen LogP contribution in [0.2, 0.25) is 0 Å².